The summed E-state index contributed by atoms with van der Waals surface area (Å²) in [5.74, 6) is -0.222. The summed E-state index contributed by atoms with van der Waals surface area (Å²) < 4.78 is 1.82. The summed E-state index contributed by atoms with van der Waals surface area (Å²) in [7, 11) is 0. The molecular weight excluding hydrogens is 368 g/mol. The van der Waals surface area contributed by atoms with Gasteiger partial charge in [-0.25, -0.2) is 4.98 Å². The zero-order valence-corrected chi connectivity index (χ0v) is 15.7. The summed E-state index contributed by atoms with van der Waals surface area (Å²) in [6.45, 7) is 0. The van der Waals surface area contributed by atoms with Crippen LogP contribution >= 0.6 is 0 Å². The van der Waals surface area contributed by atoms with Crippen molar-refractivity contribution in [1.82, 2.24) is 30.0 Å². The SMILES string of the molecule is O=C(N[C@@H]1C[C@@H]2CC[C@H]1N2C(=O)c1cncn1-c1ccccc1)c1ccnnc1. The van der Waals surface area contributed by atoms with Gasteiger partial charge in [0.25, 0.3) is 11.8 Å². The first-order valence-corrected chi connectivity index (χ1v) is 9.70. The van der Waals surface area contributed by atoms with E-state index in [0.29, 0.717) is 11.3 Å². The van der Waals surface area contributed by atoms with Gasteiger partial charge < -0.3 is 10.2 Å². The summed E-state index contributed by atoms with van der Waals surface area (Å²) in [6, 6.07) is 11.4. The molecule has 4 heterocycles. The Hall–Kier alpha value is -3.55. The van der Waals surface area contributed by atoms with Crippen LogP contribution in [-0.4, -0.2) is 54.6 Å². The van der Waals surface area contributed by atoms with E-state index in [1.54, 1.807) is 18.6 Å². The largest absolute Gasteiger partial charge is 0.347 e. The van der Waals surface area contributed by atoms with Gasteiger partial charge in [0.1, 0.15) is 5.69 Å². The molecule has 3 aromatic rings. The summed E-state index contributed by atoms with van der Waals surface area (Å²) >= 11 is 0. The molecule has 2 fully saturated rings. The Morgan fingerprint density at radius 1 is 1.03 bits per heavy atom. The topological polar surface area (TPSA) is 93.0 Å². The first-order chi connectivity index (χ1) is 14.2. The molecule has 0 spiro atoms. The minimum Gasteiger partial charge on any atom is -0.347 e. The lowest BCUT2D eigenvalue weighted by Gasteiger charge is -2.25. The zero-order chi connectivity index (χ0) is 19.8. The molecule has 2 aromatic heterocycles. The number of para-hydroxylation sites is 1. The van der Waals surface area contributed by atoms with Gasteiger partial charge in [-0.2, -0.15) is 10.2 Å². The minimum absolute atomic E-state index is 0.00892. The maximum absolute atomic E-state index is 13.4. The average molecular weight is 388 g/mol. The van der Waals surface area contributed by atoms with Crippen molar-refractivity contribution in [1.29, 1.82) is 0 Å². The molecule has 1 aromatic carbocycles. The van der Waals surface area contributed by atoms with Crippen molar-refractivity contribution >= 4 is 11.8 Å². The Kier molecular flexibility index (Phi) is 4.31. The van der Waals surface area contributed by atoms with Crippen LogP contribution in [0.3, 0.4) is 0 Å². The molecule has 2 aliphatic rings. The smallest absolute Gasteiger partial charge is 0.273 e. The van der Waals surface area contributed by atoms with E-state index in [2.05, 4.69) is 20.5 Å². The average Bonchev–Trinajstić information content (AvgIpc) is 3.49. The molecule has 2 aliphatic heterocycles. The van der Waals surface area contributed by atoms with Crippen LogP contribution in [0.15, 0.2) is 61.3 Å². The molecule has 0 saturated carbocycles. The third-order valence-corrected chi connectivity index (χ3v) is 5.83. The van der Waals surface area contributed by atoms with Crippen molar-refractivity contribution in [2.45, 2.75) is 37.4 Å². The highest BCUT2D eigenvalue weighted by Crippen LogP contribution is 2.39. The third kappa shape index (κ3) is 3.06. The van der Waals surface area contributed by atoms with Gasteiger partial charge in [0.15, 0.2) is 0 Å². The van der Waals surface area contributed by atoms with Crippen molar-refractivity contribution in [2.75, 3.05) is 0 Å². The first-order valence-electron chi connectivity index (χ1n) is 9.70. The van der Waals surface area contributed by atoms with Crippen molar-refractivity contribution in [3.8, 4) is 5.69 Å². The van der Waals surface area contributed by atoms with E-state index in [1.165, 1.54) is 12.4 Å². The van der Waals surface area contributed by atoms with Crippen molar-refractivity contribution in [2.24, 2.45) is 0 Å². The Morgan fingerprint density at radius 2 is 1.90 bits per heavy atom. The minimum atomic E-state index is -0.181. The highest BCUT2D eigenvalue weighted by Gasteiger charge is 2.49. The molecule has 8 heteroatoms. The van der Waals surface area contributed by atoms with Gasteiger partial charge in [-0.1, -0.05) is 18.2 Å². The number of amides is 2. The molecule has 29 heavy (non-hydrogen) atoms. The van der Waals surface area contributed by atoms with Gasteiger partial charge in [0, 0.05) is 11.7 Å². The monoisotopic (exact) mass is 388 g/mol. The molecule has 5 rings (SSSR count). The number of carbonyl (C=O) groups is 2. The van der Waals surface area contributed by atoms with Crippen LogP contribution in [0.25, 0.3) is 5.69 Å². The van der Waals surface area contributed by atoms with Crippen LogP contribution in [-0.2, 0) is 0 Å². The number of carbonyl (C=O) groups excluding carboxylic acids is 2. The zero-order valence-electron chi connectivity index (χ0n) is 15.7. The quantitative estimate of drug-likeness (QED) is 0.736. The number of rotatable bonds is 4. The molecular formula is C21H20N6O2. The number of aromatic nitrogens is 4. The van der Waals surface area contributed by atoms with E-state index < -0.39 is 0 Å². The Morgan fingerprint density at radius 3 is 2.69 bits per heavy atom. The maximum Gasteiger partial charge on any atom is 0.273 e. The summed E-state index contributed by atoms with van der Waals surface area (Å²) in [5.41, 5.74) is 1.91. The highest BCUT2D eigenvalue weighted by atomic mass is 16.2. The molecule has 146 valence electrons. The molecule has 1 N–H and O–H groups in total. The second-order valence-corrected chi connectivity index (χ2v) is 7.44. The number of hydrogen-bond acceptors (Lipinski definition) is 5. The van der Waals surface area contributed by atoms with Gasteiger partial charge in [0.2, 0.25) is 0 Å². The Bertz CT molecular complexity index is 1040. The lowest BCUT2D eigenvalue weighted by atomic mass is 9.95. The second kappa shape index (κ2) is 7.12. The first kappa shape index (κ1) is 17.5. The number of nitrogens with zero attached hydrogens (tertiary/aromatic N) is 5. The van der Waals surface area contributed by atoms with Gasteiger partial charge in [-0.15, -0.1) is 0 Å². The van der Waals surface area contributed by atoms with E-state index in [4.69, 9.17) is 0 Å². The lowest BCUT2D eigenvalue weighted by Crippen LogP contribution is -2.45. The van der Waals surface area contributed by atoms with E-state index in [-0.39, 0.29) is 29.9 Å². The lowest BCUT2D eigenvalue weighted by molar-refractivity contribution is 0.0708. The predicted molar refractivity (Wildman–Crippen MR) is 104 cm³/mol. The van der Waals surface area contributed by atoms with Gasteiger partial charge in [0.05, 0.1) is 42.6 Å². The number of imidazole rings is 1. The molecule has 2 amide bonds. The molecule has 3 atom stereocenters. The van der Waals surface area contributed by atoms with Gasteiger partial charge in [-0.3, -0.25) is 14.2 Å². The van der Waals surface area contributed by atoms with Crippen LogP contribution in [0.1, 0.15) is 40.1 Å². The van der Waals surface area contributed by atoms with Crippen LogP contribution in [0.5, 0.6) is 0 Å². The van der Waals surface area contributed by atoms with E-state index in [0.717, 1.165) is 24.9 Å². The fourth-order valence-electron chi connectivity index (χ4n) is 4.52. The summed E-state index contributed by atoms with van der Waals surface area (Å²) in [6.07, 6.45) is 8.83. The van der Waals surface area contributed by atoms with Crippen LogP contribution < -0.4 is 5.32 Å². The third-order valence-electron chi connectivity index (χ3n) is 5.83. The Balaban J connectivity index is 1.36. The van der Waals surface area contributed by atoms with Crippen molar-refractivity contribution in [3.05, 3.63) is 72.6 Å². The van der Waals surface area contributed by atoms with E-state index in [1.807, 2.05) is 39.8 Å². The van der Waals surface area contributed by atoms with Crippen molar-refractivity contribution < 1.29 is 9.59 Å². The highest BCUT2D eigenvalue weighted by molar-refractivity contribution is 5.95. The van der Waals surface area contributed by atoms with Crippen LogP contribution in [0.4, 0.5) is 0 Å². The van der Waals surface area contributed by atoms with Crippen LogP contribution in [0, 0.1) is 0 Å². The maximum atomic E-state index is 13.4. The molecule has 2 saturated heterocycles. The molecule has 8 nitrogen and oxygen atoms in total. The van der Waals surface area contributed by atoms with E-state index >= 15 is 0 Å². The number of fused-ring (bicyclic) bond motifs is 2. The second-order valence-electron chi connectivity index (χ2n) is 7.44. The summed E-state index contributed by atoms with van der Waals surface area (Å²) in [5, 5.41) is 10.5. The fourth-order valence-corrected chi connectivity index (χ4v) is 4.52. The Labute approximate surface area is 167 Å². The molecule has 2 bridgehead atoms. The summed E-state index contributed by atoms with van der Waals surface area (Å²) in [4.78, 5) is 32.1. The fraction of sp³-hybridized carbons (Fsp3) is 0.286. The normalized spacial score (nSPS) is 22.6. The molecule has 0 unspecified atom stereocenters. The number of hydrogen-bond donors (Lipinski definition) is 1. The molecule has 0 aliphatic carbocycles. The van der Waals surface area contributed by atoms with E-state index in [9.17, 15) is 9.59 Å². The van der Waals surface area contributed by atoms with Gasteiger partial charge >= 0.3 is 0 Å². The standard InChI is InChI=1S/C21H20N6O2/c28-20(14-8-9-23-24-11-14)25-17-10-16-6-7-18(17)27(16)21(29)19-12-22-13-26(19)15-4-2-1-3-5-15/h1-5,8-9,11-13,16-18H,6-7,10H2,(H,25,28)/t16-,17+,18+/m0/s1. The van der Waals surface area contributed by atoms with Crippen molar-refractivity contribution in [3.63, 3.8) is 0 Å². The van der Waals surface area contributed by atoms with Gasteiger partial charge in [-0.05, 0) is 37.5 Å². The molecule has 0 radical (unpaired) electrons. The number of nitrogens with one attached hydrogen (secondary N) is 1. The number of benzene rings is 1. The van der Waals surface area contributed by atoms with Crippen LogP contribution in [0.2, 0.25) is 0 Å². The predicted octanol–water partition coefficient (Wildman–Crippen LogP) is 1.84.